The van der Waals surface area contributed by atoms with Crippen LogP contribution >= 0.6 is 0 Å². The molecule has 0 spiro atoms. The van der Waals surface area contributed by atoms with Gasteiger partial charge in [0.15, 0.2) is 0 Å². The van der Waals surface area contributed by atoms with Crippen LogP contribution in [0.5, 0.6) is 0 Å². The molecule has 1 aromatic carbocycles. The van der Waals surface area contributed by atoms with Crippen LogP contribution in [-0.2, 0) is 38.1 Å². The lowest BCUT2D eigenvalue weighted by atomic mass is 9.94. The van der Waals surface area contributed by atoms with Crippen LogP contribution < -0.4 is 5.32 Å². The van der Waals surface area contributed by atoms with Crippen molar-refractivity contribution in [3.63, 3.8) is 0 Å². The summed E-state index contributed by atoms with van der Waals surface area (Å²) in [4.78, 5) is 48.3. The molecule has 1 amide bonds. The lowest BCUT2D eigenvalue weighted by Gasteiger charge is -2.28. The van der Waals surface area contributed by atoms with Gasteiger partial charge < -0.3 is 19.5 Å². The topological polar surface area (TPSA) is 177 Å². The first kappa shape index (κ1) is 35.5. The molecule has 0 fully saturated rings. The lowest BCUT2D eigenvalue weighted by molar-refractivity contribution is -0.384. The fourth-order valence-corrected chi connectivity index (χ4v) is 4.20. The summed E-state index contributed by atoms with van der Waals surface area (Å²) in [6.07, 6.45) is 0.538. The second-order valence-electron chi connectivity index (χ2n) is 11.2. The number of carbonyl (C=O) groups is 3. The molecule has 230 valence electrons. The Morgan fingerprint density at radius 1 is 1.00 bits per heavy atom. The minimum Gasteiger partial charge on any atom is -0.458 e. The van der Waals surface area contributed by atoms with E-state index in [4.69, 9.17) is 18.4 Å². The molecule has 0 aliphatic heterocycles. The molecular formula is C27H40N2O11S. The van der Waals surface area contributed by atoms with Gasteiger partial charge >= 0.3 is 18.0 Å². The van der Waals surface area contributed by atoms with Gasteiger partial charge in [0, 0.05) is 12.1 Å². The van der Waals surface area contributed by atoms with Gasteiger partial charge in [-0.25, -0.2) is 9.59 Å². The maximum Gasteiger partial charge on any atom is 0.408 e. The largest absolute Gasteiger partial charge is 0.458 e. The van der Waals surface area contributed by atoms with Gasteiger partial charge in [0.2, 0.25) is 0 Å². The molecule has 41 heavy (non-hydrogen) atoms. The third-order valence-corrected chi connectivity index (χ3v) is 6.50. The maximum absolute atomic E-state index is 13.0. The van der Waals surface area contributed by atoms with Crippen molar-refractivity contribution in [1.82, 2.24) is 5.32 Å². The number of esters is 2. The number of carbonyl (C=O) groups excluding carboxylic acids is 3. The molecule has 14 heteroatoms. The molecule has 0 unspecified atom stereocenters. The second-order valence-corrected chi connectivity index (χ2v) is 12.8. The van der Waals surface area contributed by atoms with Crippen LogP contribution in [0.15, 0.2) is 41.0 Å². The average Bonchev–Trinajstić information content (AvgIpc) is 2.82. The highest BCUT2D eigenvalue weighted by atomic mass is 32.2. The van der Waals surface area contributed by atoms with Crippen LogP contribution in [0.4, 0.5) is 10.5 Å². The summed E-state index contributed by atoms with van der Waals surface area (Å²) in [6.45, 7) is 12.8. The summed E-state index contributed by atoms with van der Waals surface area (Å²) in [7, 11) is -4.23. The number of rotatable bonds is 13. The molecule has 0 radical (unpaired) electrons. The van der Waals surface area contributed by atoms with E-state index in [1.165, 1.54) is 0 Å². The standard InChI is InChI=1S/C27H40N2O11S/c1-9-18(2)38-23(30)19(11-10-16-37-41(35,36)21-14-12-20(13-15-21)29(33)34)17-22(24(31)39-26(3,4)5)28-25(32)40-27(6,7)8/h9,12-15,19,22H,10-11,16-17H2,1-8H3,(H,28,32)/b18-9+/t19-,22-/m0/s1. The van der Waals surface area contributed by atoms with Crippen molar-refractivity contribution < 1.29 is 46.1 Å². The Hall–Kier alpha value is -3.52. The number of amides is 1. The van der Waals surface area contributed by atoms with E-state index in [1.807, 2.05) is 0 Å². The molecule has 0 aliphatic rings. The Kier molecular flexibility index (Phi) is 12.9. The number of benzene rings is 1. The fraction of sp³-hybridized carbons (Fsp3) is 0.593. The van der Waals surface area contributed by atoms with E-state index in [-0.39, 0.29) is 36.5 Å². The Balaban J connectivity index is 3.07. The van der Waals surface area contributed by atoms with Gasteiger partial charge in [-0.15, -0.1) is 0 Å². The van der Waals surface area contributed by atoms with Crippen molar-refractivity contribution in [3.8, 4) is 0 Å². The minimum absolute atomic E-state index is 0.0287. The van der Waals surface area contributed by atoms with Gasteiger partial charge in [-0.1, -0.05) is 0 Å². The Labute approximate surface area is 240 Å². The molecule has 0 bridgehead atoms. The van der Waals surface area contributed by atoms with E-state index < -0.39 is 56.2 Å². The van der Waals surface area contributed by atoms with E-state index in [0.717, 1.165) is 24.3 Å². The molecule has 1 rings (SSSR count). The number of nitrogens with zero attached hydrogens (tertiary/aromatic N) is 1. The normalized spacial score (nSPS) is 14.0. The van der Waals surface area contributed by atoms with E-state index >= 15 is 0 Å². The fourth-order valence-electron chi connectivity index (χ4n) is 3.26. The van der Waals surface area contributed by atoms with Crippen LogP contribution in [0.1, 0.15) is 74.7 Å². The number of nitro benzene ring substituents is 1. The van der Waals surface area contributed by atoms with Crippen molar-refractivity contribution in [2.24, 2.45) is 5.92 Å². The number of alkyl carbamates (subject to hydrolysis) is 1. The Morgan fingerprint density at radius 3 is 2.05 bits per heavy atom. The summed E-state index contributed by atoms with van der Waals surface area (Å²) >= 11 is 0. The highest BCUT2D eigenvalue weighted by Crippen LogP contribution is 2.22. The molecular weight excluding hydrogens is 560 g/mol. The summed E-state index contributed by atoms with van der Waals surface area (Å²) in [5.74, 6) is -2.15. The Bertz CT molecular complexity index is 1210. The number of hydrogen-bond acceptors (Lipinski definition) is 11. The monoisotopic (exact) mass is 600 g/mol. The molecule has 0 aromatic heterocycles. The van der Waals surface area contributed by atoms with E-state index in [0.29, 0.717) is 5.76 Å². The summed E-state index contributed by atoms with van der Waals surface area (Å²) < 4.78 is 46.1. The molecule has 0 heterocycles. The number of hydrogen-bond donors (Lipinski definition) is 1. The lowest BCUT2D eigenvalue weighted by Crippen LogP contribution is -2.47. The molecule has 0 saturated carbocycles. The highest BCUT2D eigenvalue weighted by molar-refractivity contribution is 7.86. The summed E-state index contributed by atoms with van der Waals surface area (Å²) in [5, 5.41) is 13.3. The van der Waals surface area contributed by atoms with Gasteiger partial charge in [-0.3, -0.25) is 19.1 Å². The quantitative estimate of drug-likeness (QED) is 0.0626. The van der Waals surface area contributed by atoms with Crippen LogP contribution in [-0.4, -0.2) is 55.2 Å². The summed E-state index contributed by atoms with van der Waals surface area (Å²) in [5.41, 5.74) is -2.01. The number of nitro groups is 1. The van der Waals surface area contributed by atoms with E-state index in [9.17, 15) is 32.9 Å². The molecule has 13 nitrogen and oxygen atoms in total. The smallest absolute Gasteiger partial charge is 0.408 e. The number of ether oxygens (including phenoxy) is 3. The van der Waals surface area contributed by atoms with Gasteiger partial charge in [0.1, 0.15) is 23.0 Å². The number of nitrogens with one attached hydrogen (secondary N) is 1. The first-order valence-corrected chi connectivity index (χ1v) is 14.4. The second kappa shape index (κ2) is 14.9. The predicted molar refractivity (Wildman–Crippen MR) is 148 cm³/mol. The first-order chi connectivity index (χ1) is 18.7. The molecule has 0 saturated heterocycles. The van der Waals surface area contributed by atoms with E-state index in [1.54, 1.807) is 61.5 Å². The molecule has 1 N–H and O–H groups in total. The van der Waals surface area contributed by atoms with Crippen molar-refractivity contribution in [1.29, 1.82) is 0 Å². The third-order valence-electron chi connectivity index (χ3n) is 5.18. The summed E-state index contributed by atoms with van der Waals surface area (Å²) in [6, 6.07) is 2.92. The Morgan fingerprint density at radius 2 is 1.56 bits per heavy atom. The van der Waals surface area contributed by atoms with Crippen LogP contribution in [0.2, 0.25) is 0 Å². The van der Waals surface area contributed by atoms with Crippen molar-refractivity contribution in [2.45, 2.75) is 96.8 Å². The number of allylic oxidation sites excluding steroid dienone is 2. The van der Waals surface area contributed by atoms with Gasteiger partial charge in [-0.05, 0) is 92.9 Å². The van der Waals surface area contributed by atoms with Gasteiger partial charge in [-0.2, -0.15) is 8.42 Å². The van der Waals surface area contributed by atoms with Crippen molar-refractivity contribution >= 4 is 33.8 Å². The molecule has 0 aliphatic carbocycles. The zero-order chi connectivity index (χ0) is 31.6. The molecule has 1 aromatic rings. The third kappa shape index (κ3) is 13.6. The SMILES string of the molecule is C/C=C(\C)OC(=O)[C@@H](CCCOS(=O)(=O)c1ccc([N+](=O)[O-])cc1)C[C@H](NC(=O)OC(C)(C)C)C(=O)OC(C)(C)C. The predicted octanol–water partition coefficient (Wildman–Crippen LogP) is 4.79. The van der Waals surface area contributed by atoms with Crippen LogP contribution in [0.3, 0.4) is 0 Å². The maximum atomic E-state index is 13.0. The number of non-ortho nitro benzene ring substituents is 1. The average molecular weight is 601 g/mol. The van der Waals surface area contributed by atoms with Crippen molar-refractivity contribution in [3.05, 3.63) is 46.2 Å². The van der Waals surface area contributed by atoms with Crippen molar-refractivity contribution in [2.75, 3.05) is 6.61 Å². The highest BCUT2D eigenvalue weighted by Gasteiger charge is 2.34. The van der Waals surface area contributed by atoms with E-state index in [2.05, 4.69) is 5.32 Å². The zero-order valence-corrected chi connectivity index (χ0v) is 25.5. The zero-order valence-electron chi connectivity index (χ0n) is 24.7. The van der Waals surface area contributed by atoms with Crippen LogP contribution in [0.25, 0.3) is 0 Å². The first-order valence-electron chi connectivity index (χ1n) is 12.9. The molecule has 2 atom stereocenters. The van der Waals surface area contributed by atoms with Gasteiger partial charge in [0.05, 0.1) is 22.3 Å². The van der Waals surface area contributed by atoms with Gasteiger partial charge in [0.25, 0.3) is 15.8 Å². The minimum atomic E-state index is -4.23. The van der Waals surface area contributed by atoms with Crippen LogP contribution in [0, 0.1) is 16.0 Å².